The van der Waals surface area contributed by atoms with Gasteiger partial charge < -0.3 is 49.0 Å². The predicted octanol–water partition coefficient (Wildman–Crippen LogP) is -0.591. The molecular weight excluding hydrogens is 394 g/mol. The van der Waals surface area contributed by atoms with Gasteiger partial charge in [-0.25, -0.2) is 0 Å². The summed E-state index contributed by atoms with van der Waals surface area (Å²) in [5.41, 5.74) is 5.75. The van der Waals surface area contributed by atoms with Crippen molar-refractivity contribution in [3.8, 4) is 0 Å². The molecule has 0 amide bonds. The fraction of sp³-hybridized carbons (Fsp3) is 1.00. The quantitative estimate of drug-likeness (QED) is 0.294. The molecule has 0 atom stereocenters. The third kappa shape index (κ3) is 49.6. The zero-order valence-electron chi connectivity index (χ0n) is 15.2. The van der Waals surface area contributed by atoms with Gasteiger partial charge in [-0.15, -0.1) is 10.1 Å². The Bertz CT molecular complexity index is 264. The standard InChI is InChI=1S/C12H24O6.HNO3.NO3.NO/c1-2-14-5-6-16-9-10-18-12-11-17-8-7-15-4-3-13-1;2*2-1(3)4;1-2/h1-12H2;(H,2,3,4);;/q;;-1;+1. The van der Waals surface area contributed by atoms with Crippen LogP contribution in [0.25, 0.3) is 0 Å². The first-order valence-electron chi connectivity index (χ1n) is 7.76. The minimum absolute atomic E-state index is 0.586. The van der Waals surface area contributed by atoms with E-state index in [2.05, 4.69) is 0 Å². The van der Waals surface area contributed by atoms with Gasteiger partial charge in [-0.1, -0.05) is 0 Å². The van der Waals surface area contributed by atoms with Crippen molar-refractivity contribution in [3.05, 3.63) is 25.4 Å². The van der Waals surface area contributed by atoms with Gasteiger partial charge in [0.15, 0.2) is 0 Å². The van der Waals surface area contributed by atoms with Crippen LogP contribution in [0.1, 0.15) is 0 Å². The van der Waals surface area contributed by atoms with Crippen molar-refractivity contribution in [1.82, 2.24) is 0 Å². The first-order valence-corrected chi connectivity index (χ1v) is 7.76. The Kier molecular flexibility index (Phi) is 32.3. The fourth-order valence-electron chi connectivity index (χ4n) is 1.32. The molecule has 1 aliphatic rings. The molecule has 28 heavy (non-hydrogen) atoms. The third-order valence-corrected chi connectivity index (χ3v) is 2.23. The van der Waals surface area contributed by atoms with Crippen molar-refractivity contribution in [2.24, 2.45) is 0 Å². The number of hydrogen-bond acceptors (Lipinski definition) is 12. The van der Waals surface area contributed by atoms with Gasteiger partial charge >= 0.3 is 10.2 Å². The van der Waals surface area contributed by atoms with Crippen LogP contribution in [0.2, 0.25) is 0 Å². The van der Waals surface area contributed by atoms with Crippen LogP contribution in [0.5, 0.6) is 0 Å². The molecule has 0 aromatic rings. The molecule has 1 rings (SSSR count). The Hall–Kier alpha value is -2.17. The van der Waals surface area contributed by atoms with Gasteiger partial charge in [-0.05, 0) is 0 Å². The van der Waals surface area contributed by atoms with Crippen LogP contribution in [-0.2, 0) is 33.2 Å². The van der Waals surface area contributed by atoms with Crippen LogP contribution < -0.4 is 0 Å². The summed E-state index contributed by atoms with van der Waals surface area (Å²) in [4.78, 5) is 16.6. The average Bonchev–Trinajstić information content (AvgIpc) is 2.63. The largest absolute Gasteiger partial charge is 0.356 e. The Morgan fingerprint density at radius 3 is 0.714 bits per heavy atom. The second-order valence-corrected chi connectivity index (χ2v) is 4.14. The normalized spacial score (nSPS) is 17.2. The van der Waals surface area contributed by atoms with Crippen molar-refractivity contribution in [2.45, 2.75) is 0 Å². The fourth-order valence-corrected chi connectivity index (χ4v) is 1.32. The van der Waals surface area contributed by atoms with E-state index in [9.17, 15) is 0 Å². The minimum atomic E-state index is -1.75. The van der Waals surface area contributed by atoms with Crippen molar-refractivity contribution >= 4 is 0 Å². The SMILES string of the molecule is C1COCCOCCOCCOCCOCCO1.N#[O+].O=[N+]([O-])O.O=[N+]([O-])[O-]. The monoisotopic (exact) mass is 419 g/mol. The molecule has 1 aliphatic heterocycles. The molecular formula is C12H25N3O13. The summed E-state index contributed by atoms with van der Waals surface area (Å²) >= 11 is 0. The van der Waals surface area contributed by atoms with E-state index in [-0.39, 0.29) is 0 Å². The summed E-state index contributed by atoms with van der Waals surface area (Å²) in [6.07, 6.45) is 0. The summed E-state index contributed by atoms with van der Waals surface area (Å²) in [5, 5.41) is 28.4. The third-order valence-electron chi connectivity index (χ3n) is 2.23. The molecule has 1 heterocycles. The van der Waals surface area contributed by atoms with Crippen LogP contribution in [0, 0.1) is 30.9 Å². The molecule has 166 valence electrons. The zero-order chi connectivity index (χ0) is 21.9. The molecule has 0 spiro atoms. The molecule has 1 N–H and O–H groups in total. The molecule has 16 nitrogen and oxygen atoms in total. The molecule has 0 radical (unpaired) electrons. The Morgan fingerprint density at radius 1 is 0.571 bits per heavy atom. The summed E-state index contributed by atoms with van der Waals surface area (Å²) in [5.74, 6) is 0. The van der Waals surface area contributed by atoms with Gasteiger partial charge in [0.05, 0.1) is 84.4 Å². The molecule has 1 fully saturated rings. The summed E-state index contributed by atoms with van der Waals surface area (Å²) < 4.78 is 39.2. The van der Waals surface area contributed by atoms with E-state index >= 15 is 0 Å². The Labute approximate surface area is 159 Å². The second-order valence-electron chi connectivity index (χ2n) is 4.14. The van der Waals surface area contributed by atoms with E-state index in [1.54, 1.807) is 0 Å². The topological polar surface area (TPSA) is 229 Å². The maximum absolute atomic E-state index is 8.36. The second kappa shape index (κ2) is 29.6. The van der Waals surface area contributed by atoms with Gasteiger partial charge in [-0.3, -0.25) is 0 Å². The van der Waals surface area contributed by atoms with Crippen LogP contribution in [-0.4, -0.2) is 94.7 Å². The van der Waals surface area contributed by atoms with E-state index in [0.717, 1.165) is 0 Å². The van der Waals surface area contributed by atoms with Crippen LogP contribution in [0.15, 0.2) is 0 Å². The number of nitrogens with zero attached hydrogens (tertiary/aromatic N) is 3. The van der Waals surface area contributed by atoms with Crippen LogP contribution in [0.4, 0.5) is 0 Å². The van der Waals surface area contributed by atoms with Gasteiger partial charge in [0.1, 0.15) is 0 Å². The molecule has 1 saturated heterocycles. The van der Waals surface area contributed by atoms with Crippen molar-refractivity contribution in [3.63, 3.8) is 0 Å². The average molecular weight is 419 g/mol. The number of ether oxygens (including phenoxy) is 6. The molecule has 16 heteroatoms. The van der Waals surface area contributed by atoms with E-state index in [1.807, 2.05) is 0 Å². The zero-order valence-corrected chi connectivity index (χ0v) is 15.2. The predicted molar refractivity (Wildman–Crippen MR) is 86.5 cm³/mol. The van der Waals surface area contributed by atoms with E-state index in [4.69, 9.17) is 69.3 Å². The van der Waals surface area contributed by atoms with Gasteiger partial charge in [0, 0.05) is 0 Å². The molecule has 0 aromatic heterocycles. The molecule has 0 saturated carbocycles. The van der Waals surface area contributed by atoms with Gasteiger partial charge in [-0.2, -0.15) is 0 Å². The summed E-state index contributed by atoms with van der Waals surface area (Å²) in [6, 6.07) is 0. The minimum Gasteiger partial charge on any atom is -0.356 e. The Balaban J connectivity index is -0.000000522. The van der Waals surface area contributed by atoms with Crippen molar-refractivity contribution in [1.29, 1.82) is 5.46 Å². The smallest absolute Gasteiger partial charge is 0.291 e. The van der Waals surface area contributed by atoms with Crippen molar-refractivity contribution < 1.29 is 48.6 Å². The maximum atomic E-state index is 8.36. The number of hydrogen-bond donors (Lipinski definition) is 1. The number of rotatable bonds is 0. The first-order chi connectivity index (χ1) is 13.5. The van der Waals surface area contributed by atoms with E-state index < -0.39 is 10.2 Å². The summed E-state index contributed by atoms with van der Waals surface area (Å²) in [6.45, 7) is 7.04. The molecule has 0 aromatic carbocycles. The Morgan fingerprint density at radius 2 is 0.643 bits per heavy atom. The molecule has 0 bridgehead atoms. The molecule has 0 aliphatic carbocycles. The van der Waals surface area contributed by atoms with E-state index in [1.165, 1.54) is 0 Å². The molecule has 0 unspecified atom stereocenters. The maximum Gasteiger partial charge on any atom is 0.291 e. The summed E-state index contributed by atoms with van der Waals surface area (Å²) in [7, 11) is 0. The van der Waals surface area contributed by atoms with Crippen molar-refractivity contribution in [2.75, 3.05) is 79.3 Å². The van der Waals surface area contributed by atoms with E-state index in [0.29, 0.717) is 79.3 Å². The van der Waals surface area contributed by atoms with Crippen LogP contribution in [0.3, 0.4) is 0 Å². The van der Waals surface area contributed by atoms with Gasteiger partial charge in [0.25, 0.3) is 5.09 Å². The van der Waals surface area contributed by atoms with Crippen LogP contribution >= 0.6 is 0 Å². The van der Waals surface area contributed by atoms with Gasteiger partial charge in [0.2, 0.25) is 0 Å². The first kappa shape index (κ1) is 30.6.